The zero-order valence-electron chi connectivity index (χ0n) is 12.3. The molecule has 0 bridgehead atoms. The first-order valence-corrected chi connectivity index (χ1v) is 7.77. The molecule has 0 fully saturated rings. The zero-order chi connectivity index (χ0) is 14.0. The second-order valence-electron chi connectivity index (χ2n) is 5.84. The maximum atomic E-state index is 4.84. The molecule has 19 heavy (non-hydrogen) atoms. The maximum absolute atomic E-state index is 4.84. The summed E-state index contributed by atoms with van der Waals surface area (Å²) in [6.45, 7) is 8.74. The lowest BCUT2D eigenvalue weighted by molar-refractivity contribution is 0.569. The topological polar surface area (TPSA) is 12.9 Å². The van der Waals surface area contributed by atoms with Crippen molar-refractivity contribution in [3.63, 3.8) is 0 Å². The highest BCUT2D eigenvalue weighted by Gasteiger charge is 2.16. The molecule has 1 aromatic carbocycles. The molecule has 0 saturated heterocycles. The fraction of sp³-hybridized carbons (Fsp3) is 0.353. The molecule has 1 aromatic heterocycles. The Bertz CT molecular complexity index is 582. The summed E-state index contributed by atoms with van der Waals surface area (Å²) >= 11 is 1.77. The average Bonchev–Trinajstić information content (AvgIpc) is 2.38. The zero-order valence-corrected chi connectivity index (χ0v) is 13.1. The molecule has 1 heterocycles. The van der Waals surface area contributed by atoms with Gasteiger partial charge in [-0.3, -0.25) is 4.98 Å². The van der Waals surface area contributed by atoms with Crippen LogP contribution in [0.2, 0.25) is 0 Å². The number of pyridine rings is 1. The van der Waals surface area contributed by atoms with Gasteiger partial charge in [-0.15, -0.1) is 11.8 Å². The minimum Gasteiger partial charge on any atom is -0.252 e. The fourth-order valence-electron chi connectivity index (χ4n) is 2.01. The van der Waals surface area contributed by atoms with E-state index in [2.05, 4.69) is 70.3 Å². The van der Waals surface area contributed by atoms with Gasteiger partial charge in [-0.2, -0.15) is 0 Å². The summed E-state index contributed by atoms with van der Waals surface area (Å²) < 4.78 is 0. The standard InChI is InChI=1S/C17H21NS/c1-12-9-10-13(19-5)11-14(12)15-7-6-8-16(18-15)17(2,3)4/h6-11H,1-5H3. The summed E-state index contributed by atoms with van der Waals surface area (Å²) in [5.41, 5.74) is 4.80. The van der Waals surface area contributed by atoms with Crippen molar-refractivity contribution in [3.05, 3.63) is 47.7 Å². The number of hydrogen-bond acceptors (Lipinski definition) is 2. The molecule has 0 aliphatic heterocycles. The molecule has 2 heteroatoms. The molecule has 0 aliphatic carbocycles. The second-order valence-corrected chi connectivity index (χ2v) is 6.72. The maximum Gasteiger partial charge on any atom is 0.0708 e. The molecule has 1 nitrogen and oxygen atoms in total. The smallest absolute Gasteiger partial charge is 0.0708 e. The van der Waals surface area contributed by atoms with Crippen LogP contribution >= 0.6 is 11.8 Å². The van der Waals surface area contributed by atoms with Gasteiger partial charge in [-0.1, -0.05) is 32.9 Å². The highest BCUT2D eigenvalue weighted by atomic mass is 32.2. The van der Waals surface area contributed by atoms with Crippen LogP contribution < -0.4 is 0 Å². The summed E-state index contributed by atoms with van der Waals surface area (Å²) in [6, 6.07) is 12.9. The van der Waals surface area contributed by atoms with Crippen molar-refractivity contribution in [2.75, 3.05) is 6.26 Å². The molecule has 2 aromatic rings. The van der Waals surface area contributed by atoms with Crippen LogP contribution in [0.25, 0.3) is 11.3 Å². The number of aryl methyl sites for hydroxylation is 1. The van der Waals surface area contributed by atoms with Crippen LogP contribution in [0.3, 0.4) is 0 Å². The van der Waals surface area contributed by atoms with Crippen molar-refractivity contribution in [2.45, 2.75) is 38.0 Å². The molecule has 100 valence electrons. The van der Waals surface area contributed by atoms with Crippen molar-refractivity contribution in [3.8, 4) is 11.3 Å². The molecule has 0 aliphatic rings. The number of nitrogens with zero attached hydrogens (tertiary/aromatic N) is 1. The van der Waals surface area contributed by atoms with E-state index >= 15 is 0 Å². The lowest BCUT2D eigenvalue weighted by atomic mass is 9.91. The fourth-order valence-corrected chi connectivity index (χ4v) is 2.45. The third-order valence-corrected chi connectivity index (χ3v) is 3.96. The van der Waals surface area contributed by atoms with Crippen LogP contribution in [0.4, 0.5) is 0 Å². The summed E-state index contributed by atoms with van der Waals surface area (Å²) in [5, 5.41) is 0. The first-order chi connectivity index (χ1) is 8.91. The van der Waals surface area contributed by atoms with Gasteiger partial charge in [-0.25, -0.2) is 0 Å². The lowest BCUT2D eigenvalue weighted by Crippen LogP contribution is -2.13. The van der Waals surface area contributed by atoms with Crippen LogP contribution in [0, 0.1) is 6.92 Å². The largest absolute Gasteiger partial charge is 0.252 e. The van der Waals surface area contributed by atoms with E-state index in [1.165, 1.54) is 16.0 Å². The summed E-state index contributed by atoms with van der Waals surface area (Å²) in [6.07, 6.45) is 2.10. The first-order valence-electron chi connectivity index (χ1n) is 6.54. The Morgan fingerprint density at radius 3 is 2.42 bits per heavy atom. The average molecular weight is 271 g/mol. The minimum atomic E-state index is 0.0844. The first kappa shape index (κ1) is 14.1. The lowest BCUT2D eigenvalue weighted by Gasteiger charge is -2.19. The van der Waals surface area contributed by atoms with Crippen molar-refractivity contribution in [1.82, 2.24) is 4.98 Å². The third kappa shape index (κ3) is 3.19. The summed E-state index contributed by atoms with van der Waals surface area (Å²) in [4.78, 5) is 6.12. The molecule has 0 N–H and O–H groups in total. The highest BCUT2D eigenvalue weighted by Crippen LogP contribution is 2.29. The number of rotatable bonds is 2. The van der Waals surface area contributed by atoms with Crippen molar-refractivity contribution in [1.29, 1.82) is 0 Å². The van der Waals surface area contributed by atoms with Crippen molar-refractivity contribution >= 4 is 11.8 Å². The Balaban J connectivity index is 2.53. The van der Waals surface area contributed by atoms with Gasteiger partial charge in [0, 0.05) is 21.6 Å². The molecule has 0 spiro atoms. The minimum absolute atomic E-state index is 0.0844. The number of hydrogen-bond donors (Lipinski definition) is 0. The van der Waals surface area contributed by atoms with Gasteiger partial charge in [0.25, 0.3) is 0 Å². The molecular formula is C17H21NS. The van der Waals surface area contributed by atoms with Gasteiger partial charge in [-0.05, 0) is 43.0 Å². The Morgan fingerprint density at radius 2 is 1.79 bits per heavy atom. The monoisotopic (exact) mass is 271 g/mol. The molecular weight excluding hydrogens is 250 g/mol. The molecule has 0 saturated carbocycles. The predicted octanol–water partition coefficient (Wildman–Crippen LogP) is 5.08. The van der Waals surface area contributed by atoms with E-state index in [0.29, 0.717) is 0 Å². The van der Waals surface area contributed by atoms with Crippen LogP contribution in [0.5, 0.6) is 0 Å². The van der Waals surface area contributed by atoms with Gasteiger partial charge in [0.05, 0.1) is 5.69 Å². The number of thioether (sulfide) groups is 1. The van der Waals surface area contributed by atoms with Crippen molar-refractivity contribution < 1.29 is 0 Å². The molecule has 0 atom stereocenters. The Labute approximate surface area is 120 Å². The molecule has 0 unspecified atom stereocenters. The SMILES string of the molecule is CSc1ccc(C)c(-c2cccc(C(C)(C)C)n2)c1. The molecule has 2 rings (SSSR count). The molecule has 0 amide bonds. The van der Waals surface area contributed by atoms with Crippen molar-refractivity contribution in [2.24, 2.45) is 0 Å². The third-order valence-electron chi connectivity index (χ3n) is 3.24. The second kappa shape index (κ2) is 5.38. The van der Waals surface area contributed by atoms with Gasteiger partial charge < -0.3 is 0 Å². The van der Waals surface area contributed by atoms with Crippen LogP contribution in [-0.2, 0) is 5.41 Å². The molecule has 0 radical (unpaired) electrons. The number of aromatic nitrogens is 1. The Morgan fingerprint density at radius 1 is 1.05 bits per heavy atom. The van der Waals surface area contributed by atoms with Gasteiger partial charge in [0.1, 0.15) is 0 Å². The normalized spacial score (nSPS) is 11.6. The quantitative estimate of drug-likeness (QED) is 0.707. The number of benzene rings is 1. The predicted molar refractivity (Wildman–Crippen MR) is 84.9 cm³/mol. The van der Waals surface area contributed by atoms with E-state index in [1.807, 2.05) is 0 Å². The van der Waals surface area contributed by atoms with E-state index in [0.717, 1.165) is 11.4 Å². The van der Waals surface area contributed by atoms with E-state index in [1.54, 1.807) is 11.8 Å². The van der Waals surface area contributed by atoms with Gasteiger partial charge in [0.15, 0.2) is 0 Å². The van der Waals surface area contributed by atoms with E-state index in [4.69, 9.17) is 4.98 Å². The van der Waals surface area contributed by atoms with Crippen LogP contribution in [0.1, 0.15) is 32.0 Å². The van der Waals surface area contributed by atoms with E-state index in [9.17, 15) is 0 Å². The summed E-state index contributed by atoms with van der Waals surface area (Å²) in [7, 11) is 0. The summed E-state index contributed by atoms with van der Waals surface area (Å²) in [5.74, 6) is 0. The Kier molecular flexibility index (Phi) is 4.00. The van der Waals surface area contributed by atoms with E-state index < -0.39 is 0 Å². The van der Waals surface area contributed by atoms with Crippen LogP contribution in [0.15, 0.2) is 41.3 Å². The van der Waals surface area contributed by atoms with Crippen LogP contribution in [-0.4, -0.2) is 11.2 Å². The Hall–Kier alpha value is -1.28. The van der Waals surface area contributed by atoms with E-state index in [-0.39, 0.29) is 5.41 Å². The van der Waals surface area contributed by atoms with Gasteiger partial charge >= 0.3 is 0 Å². The van der Waals surface area contributed by atoms with Gasteiger partial charge in [0.2, 0.25) is 0 Å². The highest BCUT2D eigenvalue weighted by molar-refractivity contribution is 7.98.